The van der Waals surface area contributed by atoms with E-state index in [1.807, 2.05) is 38.2 Å². The molecule has 0 aromatic rings. The highest BCUT2D eigenvalue weighted by atomic mass is 19.4. The van der Waals surface area contributed by atoms with Gasteiger partial charge in [-0.1, -0.05) is 13.8 Å². The number of hydrogen-bond acceptors (Lipinski definition) is 3. The smallest absolute Gasteiger partial charge is 0.346 e. The summed E-state index contributed by atoms with van der Waals surface area (Å²) in [4.78, 5) is 13.2. The van der Waals surface area contributed by atoms with Crippen molar-refractivity contribution in [2.24, 2.45) is 5.92 Å². The van der Waals surface area contributed by atoms with Crippen LogP contribution < -0.4 is 10.6 Å². The molecule has 0 aliphatic rings. The standard InChI is InChI=1S/C11H22F3N3O/c1-8(2)9(6-17(3)4)15-5-10(18)16-7-11(12,13)14/h8-9,15H,5-7H2,1-4H3,(H,16,18). The quantitative estimate of drug-likeness (QED) is 0.720. The third-order valence-corrected chi connectivity index (χ3v) is 2.38. The van der Waals surface area contributed by atoms with Crippen LogP contribution in [0, 0.1) is 5.92 Å². The van der Waals surface area contributed by atoms with Crippen LogP contribution in [0.15, 0.2) is 0 Å². The van der Waals surface area contributed by atoms with Crippen LogP contribution in [0.4, 0.5) is 13.2 Å². The molecule has 4 nitrogen and oxygen atoms in total. The van der Waals surface area contributed by atoms with Crippen molar-refractivity contribution in [2.75, 3.05) is 33.7 Å². The molecule has 108 valence electrons. The van der Waals surface area contributed by atoms with E-state index >= 15 is 0 Å². The third-order valence-electron chi connectivity index (χ3n) is 2.38. The number of nitrogens with one attached hydrogen (secondary N) is 2. The zero-order chi connectivity index (χ0) is 14.3. The van der Waals surface area contributed by atoms with Crippen LogP contribution in [-0.2, 0) is 4.79 Å². The van der Waals surface area contributed by atoms with Crippen molar-refractivity contribution in [3.05, 3.63) is 0 Å². The molecule has 2 N–H and O–H groups in total. The van der Waals surface area contributed by atoms with Crippen molar-refractivity contribution in [1.82, 2.24) is 15.5 Å². The summed E-state index contributed by atoms with van der Waals surface area (Å²) in [5.74, 6) is -0.348. The lowest BCUT2D eigenvalue weighted by Gasteiger charge is -2.25. The normalized spacial score (nSPS) is 14.1. The van der Waals surface area contributed by atoms with E-state index in [1.165, 1.54) is 0 Å². The molecule has 0 saturated heterocycles. The van der Waals surface area contributed by atoms with Crippen molar-refractivity contribution in [2.45, 2.75) is 26.1 Å². The summed E-state index contributed by atoms with van der Waals surface area (Å²) in [6, 6.07) is 0.0663. The minimum absolute atomic E-state index is 0.0663. The number of likely N-dealkylation sites (N-methyl/N-ethyl adjacent to an activating group) is 1. The van der Waals surface area contributed by atoms with Gasteiger partial charge in [-0.3, -0.25) is 4.79 Å². The Labute approximate surface area is 106 Å². The number of rotatable bonds is 7. The summed E-state index contributed by atoms with van der Waals surface area (Å²) < 4.78 is 35.6. The van der Waals surface area contributed by atoms with E-state index in [0.29, 0.717) is 5.92 Å². The van der Waals surface area contributed by atoms with Crippen molar-refractivity contribution >= 4 is 5.91 Å². The molecule has 0 saturated carbocycles. The first kappa shape index (κ1) is 17.2. The molecule has 0 aliphatic carbocycles. The zero-order valence-corrected chi connectivity index (χ0v) is 11.3. The maximum atomic E-state index is 11.9. The first-order chi connectivity index (χ1) is 8.11. The monoisotopic (exact) mass is 269 g/mol. The summed E-state index contributed by atoms with van der Waals surface area (Å²) in [5, 5.41) is 4.80. The number of halogens is 3. The Morgan fingerprint density at radius 2 is 1.83 bits per heavy atom. The van der Waals surface area contributed by atoms with E-state index in [2.05, 4.69) is 5.32 Å². The largest absolute Gasteiger partial charge is 0.405 e. The van der Waals surface area contributed by atoms with Gasteiger partial charge < -0.3 is 15.5 Å². The van der Waals surface area contributed by atoms with Gasteiger partial charge in [0.15, 0.2) is 0 Å². The molecule has 0 heterocycles. The van der Waals surface area contributed by atoms with Crippen molar-refractivity contribution in [3.8, 4) is 0 Å². The number of amides is 1. The van der Waals surface area contributed by atoms with Gasteiger partial charge in [-0.15, -0.1) is 0 Å². The molecule has 0 radical (unpaired) electrons. The molecule has 0 aliphatic heterocycles. The third kappa shape index (κ3) is 9.23. The maximum absolute atomic E-state index is 11.9. The average molecular weight is 269 g/mol. The van der Waals surface area contributed by atoms with E-state index in [4.69, 9.17) is 0 Å². The van der Waals surface area contributed by atoms with Gasteiger partial charge in [0, 0.05) is 12.6 Å². The Kier molecular flexibility index (Phi) is 7.23. The van der Waals surface area contributed by atoms with E-state index in [0.717, 1.165) is 6.54 Å². The molecule has 18 heavy (non-hydrogen) atoms. The minimum Gasteiger partial charge on any atom is -0.346 e. The Morgan fingerprint density at radius 3 is 2.22 bits per heavy atom. The van der Waals surface area contributed by atoms with Gasteiger partial charge in [-0.05, 0) is 20.0 Å². The van der Waals surface area contributed by atoms with Gasteiger partial charge >= 0.3 is 6.18 Å². The second-order valence-electron chi connectivity index (χ2n) is 4.89. The molecule has 0 aromatic heterocycles. The number of hydrogen-bond donors (Lipinski definition) is 2. The molecule has 1 unspecified atom stereocenters. The number of carbonyl (C=O) groups excluding carboxylic acids is 1. The summed E-state index contributed by atoms with van der Waals surface area (Å²) in [6.45, 7) is 3.33. The lowest BCUT2D eigenvalue weighted by molar-refractivity contribution is -0.138. The SMILES string of the molecule is CC(C)C(CN(C)C)NCC(=O)NCC(F)(F)F. The molecule has 0 spiro atoms. The molecule has 0 fully saturated rings. The predicted octanol–water partition coefficient (Wildman–Crippen LogP) is 0.841. The molecule has 1 amide bonds. The van der Waals surface area contributed by atoms with Crippen molar-refractivity contribution in [3.63, 3.8) is 0 Å². The van der Waals surface area contributed by atoms with Crippen LogP contribution in [0.2, 0.25) is 0 Å². The van der Waals surface area contributed by atoms with Crippen molar-refractivity contribution in [1.29, 1.82) is 0 Å². The topological polar surface area (TPSA) is 44.4 Å². The highest BCUT2D eigenvalue weighted by Crippen LogP contribution is 2.11. The van der Waals surface area contributed by atoms with Crippen molar-refractivity contribution < 1.29 is 18.0 Å². The molecular weight excluding hydrogens is 247 g/mol. The van der Waals surface area contributed by atoms with Crippen LogP contribution in [0.25, 0.3) is 0 Å². The lowest BCUT2D eigenvalue weighted by Crippen LogP contribution is -2.47. The lowest BCUT2D eigenvalue weighted by atomic mass is 10.0. The van der Waals surface area contributed by atoms with Gasteiger partial charge in [0.25, 0.3) is 0 Å². The van der Waals surface area contributed by atoms with Gasteiger partial charge in [0.1, 0.15) is 6.54 Å². The predicted molar refractivity (Wildman–Crippen MR) is 64.2 cm³/mol. The minimum atomic E-state index is -4.36. The molecule has 0 aromatic carbocycles. The number of alkyl halides is 3. The van der Waals surface area contributed by atoms with Crippen LogP contribution in [-0.4, -0.2) is 56.8 Å². The van der Waals surface area contributed by atoms with Gasteiger partial charge in [-0.25, -0.2) is 0 Å². The van der Waals surface area contributed by atoms with E-state index in [1.54, 1.807) is 0 Å². The second kappa shape index (κ2) is 7.58. The van der Waals surface area contributed by atoms with Gasteiger partial charge in [0.05, 0.1) is 6.54 Å². The summed E-state index contributed by atoms with van der Waals surface area (Å²) in [6.07, 6.45) is -4.36. The molecule has 0 bridgehead atoms. The summed E-state index contributed by atoms with van der Waals surface area (Å²) in [7, 11) is 3.81. The van der Waals surface area contributed by atoms with Crippen LogP contribution in [0.3, 0.4) is 0 Å². The first-order valence-electron chi connectivity index (χ1n) is 5.83. The summed E-state index contributed by atoms with van der Waals surface area (Å²) in [5.41, 5.74) is 0. The zero-order valence-electron chi connectivity index (χ0n) is 11.3. The van der Waals surface area contributed by atoms with E-state index < -0.39 is 18.6 Å². The molecular formula is C11H22F3N3O. The first-order valence-corrected chi connectivity index (χ1v) is 5.83. The molecule has 1 atom stereocenters. The van der Waals surface area contributed by atoms with E-state index in [9.17, 15) is 18.0 Å². The van der Waals surface area contributed by atoms with Gasteiger partial charge in [0.2, 0.25) is 5.91 Å². The van der Waals surface area contributed by atoms with Crippen LogP contribution in [0.5, 0.6) is 0 Å². The molecule has 7 heteroatoms. The average Bonchev–Trinajstić information content (AvgIpc) is 2.19. The summed E-state index contributed by atoms with van der Waals surface area (Å²) >= 11 is 0. The molecule has 0 rings (SSSR count). The van der Waals surface area contributed by atoms with E-state index in [-0.39, 0.29) is 12.6 Å². The Bertz CT molecular complexity index is 254. The number of carbonyl (C=O) groups is 1. The fourth-order valence-electron chi connectivity index (χ4n) is 1.39. The van der Waals surface area contributed by atoms with Crippen LogP contribution in [0.1, 0.15) is 13.8 Å². The maximum Gasteiger partial charge on any atom is 0.405 e. The fraction of sp³-hybridized carbons (Fsp3) is 0.909. The Morgan fingerprint density at radius 1 is 1.28 bits per heavy atom. The highest BCUT2D eigenvalue weighted by Gasteiger charge is 2.27. The van der Waals surface area contributed by atoms with Gasteiger partial charge in [-0.2, -0.15) is 13.2 Å². The Hall–Kier alpha value is -0.820. The fourth-order valence-corrected chi connectivity index (χ4v) is 1.39. The van der Waals surface area contributed by atoms with Crippen LogP contribution >= 0.6 is 0 Å². The second-order valence-corrected chi connectivity index (χ2v) is 4.89. The highest BCUT2D eigenvalue weighted by molar-refractivity contribution is 5.78. The Balaban J connectivity index is 4.00. The number of nitrogens with zero attached hydrogens (tertiary/aromatic N) is 1.